The number of carbonyl (C=O) groups is 4. The third kappa shape index (κ3) is 14.0. The Kier molecular flexibility index (Phi) is 19.5. The van der Waals surface area contributed by atoms with Gasteiger partial charge in [-0.3, -0.25) is 19.2 Å². The first kappa shape index (κ1) is 57.9. The molecule has 2 N–H and O–H groups in total. The maximum atomic E-state index is 13.5. The van der Waals surface area contributed by atoms with E-state index in [-0.39, 0.29) is 47.4 Å². The largest absolute Gasteiger partial charge is 0.469 e. The molecule has 2 fully saturated rings. The van der Waals surface area contributed by atoms with Gasteiger partial charge in [0.2, 0.25) is 0 Å². The van der Waals surface area contributed by atoms with Crippen molar-refractivity contribution in [2.75, 3.05) is 60.8 Å². The normalized spacial score (nSPS) is 14.4. The summed E-state index contributed by atoms with van der Waals surface area (Å²) in [5, 5.41) is 6.18. The van der Waals surface area contributed by atoms with Crippen LogP contribution in [-0.4, -0.2) is 64.2 Å². The molecule has 0 radical (unpaired) electrons. The Balaban J connectivity index is 0.000000198. The van der Waals surface area contributed by atoms with Gasteiger partial charge in [0, 0.05) is 60.1 Å². The highest BCUT2D eigenvalue weighted by atomic mass is 16.5. The van der Waals surface area contributed by atoms with Gasteiger partial charge in [0.1, 0.15) is 0 Å². The number of nitrogens with zero attached hydrogens (tertiary/aromatic N) is 2. The predicted octanol–water partition coefficient (Wildman–Crippen LogP) is 15.6. The summed E-state index contributed by atoms with van der Waals surface area (Å²) in [4.78, 5) is 56.7. The summed E-state index contributed by atoms with van der Waals surface area (Å²) in [7, 11) is 2.94. The first-order chi connectivity index (χ1) is 39.9. The van der Waals surface area contributed by atoms with Gasteiger partial charge in [-0.2, -0.15) is 0 Å². The van der Waals surface area contributed by atoms with Crippen LogP contribution in [0.3, 0.4) is 0 Å². The first-order valence-electron chi connectivity index (χ1n) is 28.9. The van der Waals surface area contributed by atoms with Crippen LogP contribution in [0, 0.1) is 18.8 Å². The van der Waals surface area contributed by atoms with Crippen molar-refractivity contribution in [2.24, 2.45) is 11.8 Å². The zero-order chi connectivity index (χ0) is 57.5. The standard InChI is InChI=1S/C37H40N2O3.C35H36N2O3/c1-25(2)27-13-15-29(16-14-27)34-26(3)9-8-12-33(34)36(40)38-31-17-19-32(20-18-31)39-23-21-30(22-24-39)35(37(41)42-4)28-10-6-5-7-11-28;1-3-25-13-15-26(16-14-25)31-11-7-8-12-32(31)34(38)36-29-17-19-30(20-18-29)37-23-21-28(22-24-37)33(35(39)40-2)27-9-5-4-6-10-27/h5-20,25,30,35H,21-24H2,1-4H3,(H,38,40);4-20,28,33H,3,21-24H2,1-2H3,(H,36,38). The number of carbonyl (C=O) groups excluding carboxylic acids is 4. The zero-order valence-electron chi connectivity index (χ0n) is 48.1. The molecule has 2 atom stereocenters. The number of amides is 2. The van der Waals surface area contributed by atoms with Crippen molar-refractivity contribution >= 4 is 46.5 Å². The van der Waals surface area contributed by atoms with E-state index in [0.717, 1.165) is 120 Å². The second kappa shape index (κ2) is 27.6. The van der Waals surface area contributed by atoms with Gasteiger partial charge in [-0.1, -0.05) is 160 Å². The molecule has 2 aliphatic heterocycles. The number of methoxy groups -OCH3 is 2. The Bertz CT molecular complexity index is 3390. The van der Waals surface area contributed by atoms with Crippen LogP contribution in [-0.2, 0) is 25.5 Å². The Morgan fingerprint density at radius 3 is 1.35 bits per heavy atom. The molecule has 2 amide bonds. The lowest BCUT2D eigenvalue weighted by atomic mass is 9.80. The molecule has 8 aromatic carbocycles. The van der Waals surface area contributed by atoms with Crippen molar-refractivity contribution in [3.8, 4) is 22.3 Å². The summed E-state index contributed by atoms with van der Waals surface area (Å²) >= 11 is 0. The summed E-state index contributed by atoms with van der Waals surface area (Å²) in [6.07, 6.45) is 4.60. The van der Waals surface area contributed by atoms with E-state index in [0.29, 0.717) is 17.0 Å². The number of nitrogens with one attached hydrogen (secondary N) is 2. The van der Waals surface area contributed by atoms with E-state index in [1.165, 1.54) is 25.3 Å². The van der Waals surface area contributed by atoms with E-state index in [4.69, 9.17) is 9.47 Å². The van der Waals surface area contributed by atoms with E-state index in [9.17, 15) is 19.2 Å². The van der Waals surface area contributed by atoms with Crippen molar-refractivity contribution in [3.63, 3.8) is 0 Å². The van der Waals surface area contributed by atoms with Crippen LogP contribution < -0.4 is 20.4 Å². The number of aryl methyl sites for hydroxylation is 2. The van der Waals surface area contributed by atoms with Crippen molar-refractivity contribution in [2.45, 2.75) is 77.6 Å². The van der Waals surface area contributed by atoms with Crippen molar-refractivity contribution in [1.29, 1.82) is 0 Å². The molecule has 8 aromatic rings. The molecular weight excluding hydrogens is 1020 g/mol. The van der Waals surface area contributed by atoms with E-state index < -0.39 is 0 Å². The van der Waals surface area contributed by atoms with Crippen LogP contribution in [0.5, 0.6) is 0 Å². The predicted molar refractivity (Wildman–Crippen MR) is 333 cm³/mol. The lowest BCUT2D eigenvalue weighted by Gasteiger charge is -2.36. The van der Waals surface area contributed by atoms with Crippen molar-refractivity contribution < 1.29 is 28.7 Å². The molecule has 2 saturated heterocycles. The minimum atomic E-state index is -0.240. The van der Waals surface area contributed by atoms with Gasteiger partial charge in [-0.05, 0) is 168 Å². The topological polar surface area (TPSA) is 117 Å². The van der Waals surface area contributed by atoms with E-state index >= 15 is 0 Å². The first-order valence-corrected chi connectivity index (χ1v) is 28.9. The van der Waals surface area contributed by atoms with Gasteiger partial charge in [-0.25, -0.2) is 0 Å². The summed E-state index contributed by atoms with van der Waals surface area (Å²) in [5.41, 5.74) is 14.7. The van der Waals surface area contributed by atoms with Crippen LogP contribution in [0.1, 0.15) is 113 Å². The molecular formula is C72H76N4O6. The molecule has 0 aliphatic carbocycles. The molecule has 2 heterocycles. The third-order valence-corrected chi connectivity index (χ3v) is 16.5. The average molecular weight is 1090 g/mol. The molecule has 0 saturated carbocycles. The summed E-state index contributed by atoms with van der Waals surface area (Å²) in [6, 6.07) is 66.5. The van der Waals surface area contributed by atoms with Crippen LogP contribution >= 0.6 is 0 Å². The summed E-state index contributed by atoms with van der Waals surface area (Å²) < 4.78 is 10.3. The van der Waals surface area contributed by atoms with Crippen molar-refractivity contribution in [3.05, 3.63) is 239 Å². The SMILES string of the molecule is CCc1ccc(-c2ccccc2C(=O)Nc2ccc(N3CCC(C(C(=O)OC)c4ccccc4)CC3)cc2)cc1.COC(=O)C(c1ccccc1)C1CCN(c2ccc(NC(=O)c3cccc(C)c3-c3ccc(C(C)C)cc3)cc2)CC1. The van der Waals surface area contributed by atoms with Crippen LogP contribution in [0.4, 0.5) is 22.7 Å². The molecule has 2 unspecified atom stereocenters. The molecule has 2 aliphatic rings. The average Bonchev–Trinajstić information content (AvgIpc) is 3.60. The third-order valence-electron chi connectivity index (χ3n) is 16.5. The van der Waals surface area contributed by atoms with E-state index in [2.05, 4.69) is 114 Å². The Morgan fingerprint density at radius 1 is 0.476 bits per heavy atom. The van der Waals surface area contributed by atoms with E-state index in [1.54, 1.807) is 0 Å². The van der Waals surface area contributed by atoms with Gasteiger partial charge in [0.15, 0.2) is 0 Å². The monoisotopic (exact) mass is 1090 g/mol. The van der Waals surface area contributed by atoms with Crippen LogP contribution in [0.25, 0.3) is 22.3 Å². The number of anilines is 4. The smallest absolute Gasteiger partial charge is 0.313 e. The molecule has 10 heteroatoms. The van der Waals surface area contributed by atoms with Crippen molar-refractivity contribution in [1.82, 2.24) is 0 Å². The molecule has 0 aromatic heterocycles. The van der Waals surface area contributed by atoms with Gasteiger partial charge in [0.25, 0.3) is 11.8 Å². The summed E-state index contributed by atoms with van der Waals surface area (Å²) in [6.45, 7) is 12.0. The highest BCUT2D eigenvalue weighted by molar-refractivity contribution is 6.10. The second-order valence-electron chi connectivity index (χ2n) is 21.8. The Hall–Kier alpha value is -8.76. The Morgan fingerprint density at radius 2 is 0.902 bits per heavy atom. The molecule has 420 valence electrons. The number of hydrogen-bond donors (Lipinski definition) is 2. The number of benzene rings is 8. The van der Waals surface area contributed by atoms with Gasteiger partial charge in [-0.15, -0.1) is 0 Å². The highest BCUT2D eigenvalue weighted by Crippen LogP contribution is 2.38. The minimum Gasteiger partial charge on any atom is -0.469 e. The molecule has 10 rings (SSSR count). The number of piperidine rings is 2. The van der Waals surface area contributed by atoms with E-state index in [1.807, 2.05) is 134 Å². The maximum Gasteiger partial charge on any atom is 0.313 e. The minimum absolute atomic E-state index is 0.120. The highest BCUT2D eigenvalue weighted by Gasteiger charge is 2.35. The second-order valence-corrected chi connectivity index (χ2v) is 21.8. The van der Waals surface area contributed by atoms with Gasteiger partial charge < -0.3 is 29.9 Å². The fourth-order valence-corrected chi connectivity index (χ4v) is 11.8. The number of esters is 2. The van der Waals surface area contributed by atoms with Crippen LogP contribution in [0.2, 0.25) is 0 Å². The summed E-state index contributed by atoms with van der Waals surface area (Å²) in [5.74, 6) is -0.118. The molecule has 10 nitrogen and oxygen atoms in total. The maximum absolute atomic E-state index is 13.5. The fourth-order valence-electron chi connectivity index (χ4n) is 11.8. The molecule has 0 spiro atoms. The zero-order valence-corrected chi connectivity index (χ0v) is 48.1. The molecule has 0 bridgehead atoms. The fraction of sp³-hybridized carbons (Fsp3) is 0.278. The van der Waals surface area contributed by atoms with Crippen LogP contribution in [0.15, 0.2) is 200 Å². The molecule has 82 heavy (non-hydrogen) atoms. The Labute approximate surface area is 484 Å². The van der Waals surface area contributed by atoms with Gasteiger partial charge >= 0.3 is 11.9 Å². The number of rotatable bonds is 16. The number of hydrogen-bond acceptors (Lipinski definition) is 8. The van der Waals surface area contributed by atoms with Gasteiger partial charge in [0.05, 0.1) is 26.1 Å². The number of ether oxygens (including phenoxy) is 2. The lowest BCUT2D eigenvalue weighted by molar-refractivity contribution is -0.145. The quantitative estimate of drug-likeness (QED) is 0.0919. The lowest BCUT2D eigenvalue weighted by Crippen LogP contribution is -2.37.